The van der Waals surface area contributed by atoms with Crippen molar-refractivity contribution in [1.29, 1.82) is 0 Å². The van der Waals surface area contributed by atoms with Crippen molar-refractivity contribution < 1.29 is 14.0 Å². The molecule has 2 aromatic heterocycles. The minimum absolute atomic E-state index is 0.0639. The second kappa shape index (κ2) is 9.47. The molecule has 8 nitrogen and oxygen atoms in total. The van der Waals surface area contributed by atoms with E-state index in [-0.39, 0.29) is 5.91 Å². The Labute approximate surface area is 170 Å². The highest BCUT2D eigenvalue weighted by atomic mass is 32.2. The second-order valence-electron chi connectivity index (χ2n) is 7.47. The summed E-state index contributed by atoms with van der Waals surface area (Å²) in [6.07, 6.45) is 3.28. The lowest BCUT2D eigenvalue weighted by atomic mass is 9.92. The minimum Gasteiger partial charge on any atom is -0.467 e. The van der Waals surface area contributed by atoms with Crippen LogP contribution in [0.25, 0.3) is 0 Å². The van der Waals surface area contributed by atoms with Gasteiger partial charge in [-0.05, 0) is 30.4 Å². The number of hydroxylamine groups is 2. The lowest BCUT2D eigenvalue weighted by Crippen LogP contribution is -2.40. The van der Waals surface area contributed by atoms with Gasteiger partial charge in [0.15, 0.2) is 5.16 Å². The van der Waals surface area contributed by atoms with Crippen LogP contribution >= 0.6 is 11.8 Å². The van der Waals surface area contributed by atoms with E-state index in [0.717, 1.165) is 30.0 Å². The molecule has 2 atom stereocenters. The summed E-state index contributed by atoms with van der Waals surface area (Å²) in [7, 11) is 3.10. The molecule has 2 aromatic rings. The number of hydrogen-bond acceptors (Lipinski definition) is 7. The topological polar surface area (TPSA) is 76.6 Å². The summed E-state index contributed by atoms with van der Waals surface area (Å²) in [5.41, 5.74) is 0. The molecule has 2 unspecified atom stereocenters. The highest BCUT2D eigenvalue weighted by Crippen LogP contribution is 2.29. The van der Waals surface area contributed by atoms with Crippen LogP contribution < -0.4 is 4.90 Å². The predicted molar refractivity (Wildman–Crippen MR) is 108 cm³/mol. The Morgan fingerprint density at radius 3 is 2.75 bits per heavy atom. The van der Waals surface area contributed by atoms with Gasteiger partial charge in [-0.25, -0.2) is 5.06 Å². The predicted octanol–water partition coefficient (Wildman–Crippen LogP) is 2.90. The lowest BCUT2D eigenvalue weighted by Gasteiger charge is -2.35. The molecule has 1 fully saturated rings. The number of hydrogen-bond donors (Lipinski definition) is 0. The number of amides is 1. The maximum atomic E-state index is 12.0. The van der Waals surface area contributed by atoms with E-state index >= 15 is 0 Å². The van der Waals surface area contributed by atoms with E-state index in [1.165, 1.54) is 30.4 Å². The first-order chi connectivity index (χ1) is 13.5. The molecule has 3 rings (SSSR count). The van der Waals surface area contributed by atoms with Gasteiger partial charge in [0.2, 0.25) is 11.9 Å². The van der Waals surface area contributed by atoms with Crippen LogP contribution in [0, 0.1) is 11.8 Å². The monoisotopic (exact) mass is 407 g/mol. The van der Waals surface area contributed by atoms with Crippen molar-refractivity contribution in [2.45, 2.75) is 38.4 Å². The Morgan fingerprint density at radius 2 is 2.11 bits per heavy atom. The highest BCUT2D eigenvalue weighted by molar-refractivity contribution is 7.99. The van der Waals surface area contributed by atoms with Crippen molar-refractivity contribution in [1.82, 2.24) is 19.8 Å². The lowest BCUT2D eigenvalue weighted by molar-refractivity contribution is -0.168. The summed E-state index contributed by atoms with van der Waals surface area (Å²) in [4.78, 5) is 19.2. The maximum Gasteiger partial charge on any atom is 0.246 e. The molecular formula is C19H29N5O3S. The van der Waals surface area contributed by atoms with Crippen LogP contribution in [0.3, 0.4) is 0 Å². The summed E-state index contributed by atoms with van der Waals surface area (Å²) in [6, 6.07) is 3.84. The van der Waals surface area contributed by atoms with Gasteiger partial charge in [-0.15, -0.1) is 10.2 Å². The Bertz CT molecular complexity index is 754. The molecule has 0 aliphatic carbocycles. The normalized spacial score (nSPS) is 19.8. The second-order valence-corrected chi connectivity index (χ2v) is 8.53. The number of anilines is 1. The largest absolute Gasteiger partial charge is 0.467 e. The van der Waals surface area contributed by atoms with Gasteiger partial charge in [0.25, 0.3) is 0 Å². The van der Waals surface area contributed by atoms with Crippen molar-refractivity contribution in [3.8, 4) is 0 Å². The quantitative estimate of drug-likeness (QED) is 0.492. The van der Waals surface area contributed by atoms with Gasteiger partial charge in [0, 0.05) is 32.3 Å². The summed E-state index contributed by atoms with van der Waals surface area (Å²) >= 11 is 1.53. The molecule has 1 aliphatic heterocycles. The van der Waals surface area contributed by atoms with Crippen LogP contribution in [-0.4, -0.2) is 58.7 Å². The molecular weight excluding hydrogens is 378 g/mol. The molecule has 1 aliphatic rings. The maximum absolute atomic E-state index is 12.0. The number of piperidine rings is 1. The number of nitrogens with zero attached hydrogens (tertiary/aromatic N) is 5. The van der Waals surface area contributed by atoms with Gasteiger partial charge in [-0.2, -0.15) is 0 Å². The van der Waals surface area contributed by atoms with Crippen molar-refractivity contribution in [3.63, 3.8) is 0 Å². The number of aromatic nitrogens is 3. The Balaban J connectivity index is 1.76. The molecule has 3 heterocycles. The van der Waals surface area contributed by atoms with Crippen LogP contribution in [0.5, 0.6) is 0 Å². The van der Waals surface area contributed by atoms with E-state index in [1.807, 2.05) is 12.1 Å². The molecule has 0 aromatic carbocycles. The molecule has 0 radical (unpaired) electrons. The fourth-order valence-electron chi connectivity index (χ4n) is 3.63. The van der Waals surface area contributed by atoms with Gasteiger partial charge in [0.1, 0.15) is 5.76 Å². The van der Waals surface area contributed by atoms with Gasteiger partial charge >= 0.3 is 0 Å². The van der Waals surface area contributed by atoms with Gasteiger partial charge < -0.3 is 9.32 Å². The first-order valence-electron chi connectivity index (χ1n) is 9.62. The van der Waals surface area contributed by atoms with Crippen LogP contribution in [0.4, 0.5) is 5.95 Å². The molecule has 0 saturated carbocycles. The molecule has 1 saturated heterocycles. The third kappa shape index (κ3) is 5.08. The van der Waals surface area contributed by atoms with E-state index in [1.54, 1.807) is 13.3 Å². The zero-order valence-corrected chi connectivity index (χ0v) is 17.8. The molecule has 0 N–H and O–H groups in total. The molecule has 0 spiro atoms. The summed E-state index contributed by atoms with van der Waals surface area (Å²) in [5, 5.41) is 11.0. The SMILES string of the molecule is CON(C)C(=O)CCSc1nnc(N2CC(C)CC(C)C2)n1Cc1ccco1. The molecule has 1 amide bonds. The van der Waals surface area contributed by atoms with E-state index in [0.29, 0.717) is 30.6 Å². The van der Waals surface area contributed by atoms with Gasteiger partial charge in [0.05, 0.1) is 19.9 Å². The average Bonchev–Trinajstić information content (AvgIpc) is 3.31. The van der Waals surface area contributed by atoms with E-state index < -0.39 is 0 Å². The fraction of sp³-hybridized carbons (Fsp3) is 0.632. The molecule has 0 bridgehead atoms. The number of furan rings is 1. The number of carbonyl (C=O) groups is 1. The first-order valence-corrected chi connectivity index (χ1v) is 10.6. The number of carbonyl (C=O) groups excluding carboxylic acids is 1. The Hall–Kier alpha value is -2.00. The van der Waals surface area contributed by atoms with Crippen LogP contribution in [0.1, 0.15) is 32.4 Å². The number of rotatable bonds is 8. The summed E-state index contributed by atoms with van der Waals surface area (Å²) in [6.45, 7) is 7.08. The average molecular weight is 408 g/mol. The standard InChI is InChI=1S/C19H29N5O3S/c1-14-10-15(2)12-23(11-14)18-20-21-19(24(18)13-16-6-5-8-27-16)28-9-7-17(25)22(3)26-4/h5-6,8,14-15H,7,9-13H2,1-4H3. The molecule has 9 heteroatoms. The van der Waals surface area contributed by atoms with Crippen molar-refractivity contribution >= 4 is 23.6 Å². The van der Waals surface area contributed by atoms with E-state index in [2.05, 4.69) is 33.5 Å². The summed E-state index contributed by atoms with van der Waals surface area (Å²) in [5.74, 6) is 3.52. The first kappa shape index (κ1) is 20.7. The third-order valence-corrected chi connectivity index (χ3v) is 5.88. The van der Waals surface area contributed by atoms with Crippen LogP contribution in [0.15, 0.2) is 28.0 Å². The highest BCUT2D eigenvalue weighted by Gasteiger charge is 2.27. The molecule has 154 valence electrons. The smallest absolute Gasteiger partial charge is 0.246 e. The van der Waals surface area contributed by atoms with Gasteiger partial charge in [-0.3, -0.25) is 14.2 Å². The Kier molecular flexibility index (Phi) is 7.01. The van der Waals surface area contributed by atoms with Crippen LogP contribution in [0.2, 0.25) is 0 Å². The third-order valence-electron chi connectivity index (χ3n) is 4.92. The van der Waals surface area contributed by atoms with Gasteiger partial charge in [-0.1, -0.05) is 25.6 Å². The zero-order chi connectivity index (χ0) is 20.1. The fourth-order valence-corrected chi connectivity index (χ4v) is 4.49. The van der Waals surface area contributed by atoms with Crippen molar-refractivity contribution in [2.75, 3.05) is 37.9 Å². The van der Waals surface area contributed by atoms with Crippen molar-refractivity contribution in [2.24, 2.45) is 11.8 Å². The van der Waals surface area contributed by atoms with Crippen molar-refractivity contribution in [3.05, 3.63) is 24.2 Å². The van der Waals surface area contributed by atoms with Crippen LogP contribution in [-0.2, 0) is 16.2 Å². The number of thioether (sulfide) groups is 1. The van der Waals surface area contributed by atoms with E-state index in [4.69, 9.17) is 9.25 Å². The van der Waals surface area contributed by atoms with E-state index in [9.17, 15) is 4.79 Å². The molecule has 28 heavy (non-hydrogen) atoms. The zero-order valence-electron chi connectivity index (χ0n) is 17.0. The summed E-state index contributed by atoms with van der Waals surface area (Å²) < 4.78 is 7.65. The Morgan fingerprint density at radius 1 is 1.36 bits per heavy atom. The minimum atomic E-state index is -0.0639.